The van der Waals surface area contributed by atoms with Gasteiger partial charge in [-0.2, -0.15) is 0 Å². The van der Waals surface area contributed by atoms with Crippen LogP contribution in [0.3, 0.4) is 0 Å². The zero-order chi connectivity index (χ0) is 19.2. The third kappa shape index (κ3) is 4.46. The van der Waals surface area contributed by atoms with Crippen LogP contribution in [0.5, 0.6) is 5.75 Å². The molecule has 0 atom stereocenters. The molecule has 0 fully saturated rings. The van der Waals surface area contributed by atoms with Gasteiger partial charge in [0, 0.05) is 17.4 Å². The summed E-state index contributed by atoms with van der Waals surface area (Å²) in [5.74, 6) is 0.507. The minimum atomic E-state index is -0.379. The monoisotopic (exact) mass is 362 g/mol. The zero-order valence-electron chi connectivity index (χ0n) is 14.9. The summed E-state index contributed by atoms with van der Waals surface area (Å²) in [6, 6.07) is 15.5. The zero-order valence-corrected chi connectivity index (χ0v) is 14.9. The van der Waals surface area contributed by atoms with Crippen LogP contribution in [0.25, 0.3) is 0 Å². The van der Waals surface area contributed by atoms with E-state index in [1.54, 1.807) is 31.4 Å². The van der Waals surface area contributed by atoms with E-state index in [4.69, 9.17) is 4.74 Å². The predicted molar refractivity (Wildman–Crippen MR) is 103 cm³/mol. The van der Waals surface area contributed by atoms with Gasteiger partial charge in [0.15, 0.2) is 5.78 Å². The van der Waals surface area contributed by atoms with Gasteiger partial charge in [-0.1, -0.05) is 12.1 Å². The molecule has 1 amide bonds. The molecule has 3 aromatic rings. The van der Waals surface area contributed by atoms with Gasteiger partial charge in [-0.25, -0.2) is 9.97 Å². The van der Waals surface area contributed by atoms with Crippen molar-refractivity contribution in [3.63, 3.8) is 0 Å². The van der Waals surface area contributed by atoms with Gasteiger partial charge in [0.25, 0.3) is 5.91 Å². The standard InChI is InChI=1S/C20H18N4O3/c1-13(25)14-7-9-15(10-8-14)22-19(26)17-11-12-21-20(24-17)23-16-5-3-4-6-18(16)27-2/h3-12H,1-2H3,(H,22,26)(H,21,23,24). The lowest BCUT2D eigenvalue weighted by atomic mass is 10.1. The van der Waals surface area contributed by atoms with E-state index < -0.39 is 0 Å². The van der Waals surface area contributed by atoms with E-state index in [0.717, 1.165) is 0 Å². The molecule has 7 nitrogen and oxygen atoms in total. The number of ketones is 1. The van der Waals surface area contributed by atoms with E-state index in [1.165, 1.54) is 19.2 Å². The van der Waals surface area contributed by atoms with Crippen molar-refractivity contribution in [2.45, 2.75) is 6.92 Å². The molecule has 0 radical (unpaired) electrons. The van der Waals surface area contributed by atoms with Crippen molar-refractivity contribution >= 4 is 29.0 Å². The molecule has 3 rings (SSSR count). The second-order valence-corrected chi connectivity index (χ2v) is 5.68. The number of methoxy groups -OCH3 is 1. The minimum Gasteiger partial charge on any atom is -0.495 e. The Morgan fingerprint density at radius 1 is 1.00 bits per heavy atom. The highest BCUT2D eigenvalue weighted by molar-refractivity contribution is 6.03. The van der Waals surface area contributed by atoms with Crippen molar-refractivity contribution in [3.8, 4) is 5.75 Å². The lowest BCUT2D eigenvalue weighted by Gasteiger charge is -2.10. The van der Waals surface area contributed by atoms with Crippen LogP contribution in [-0.4, -0.2) is 28.8 Å². The van der Waals surface area contributed by atoms with Crippen LogP contribution in [0.1, 0.15) is 27.8 Å². The van der Waals surface area contributed by atoms with Gasteiger partial charge in [-0.15, -0.1) is 0 Å². The molecule has 0 saturated carbocycles. The number of rotatable bonds is 6. The average molecular weight is 362 g/mol. The topological polar surface area (TPSA) is 93.2 Å². The number of hydrogen-bond acceptors (Lipinski definition) is 6. The number of Topliss-reactive ketones (excluding diaryl/α,β-unsaturated/α-hetero) is 1. The molecular formula is C20H18N4O3. The molecule has 0 aliphatic rings. The molecule has 0 bridgehead atoms. The largest absolute Gasteiger partial charge is 0.495 e. The lowest BCUT2D eigenvalue weighted by Crippen LogP contribution is -2.15. The summed E-state index contributed by atoms with van der Waals surface area (Å²) in [5.41, 5.74) is 2.05. The van der Waals surface area contributed by atoms with Crippen LogP contribution >= 0.6 is 0 Å². The highest BCUT2D eigenvalue weighted by Gasteiger charge is 2.11. The molecule has 2 aromatic carbocycles. The number of amides is 1. The molecule has 0 spiro atoms. The number of carbonyl (C=O) groups is 2. The quantitative estimate of drug-likeness (QED) is 0.650. The summed E-state index contributed by atoms with van der Waals surface area (Å²) in [4.78, 5) is 32.1. The Hall–Kier alpha value is -3.74. The normalized spacial score (nSPS) is 10.1. The first-order chi connectivity index (χ1) is 13.1. The maximum absolute atomic E-state index is 12.4. The Morgan fingerprint density at radius 2 is 1.74 bits per heavy atom. The van der Waals surface area contributed by atoms with Crippen LogP contribution in [0.4, 0.5) is 17.3 Å². The summed E-state index contributed by atoms with van der Waals surface area (Å²) >= 11 is 0. The third-order valence-corrected chi connectivity index (χ3v) is 3.79. The SMILES string of the molecule is COc1ccccc1Nc1nccc(C(=O)Nc2ccc(C(C)=O)cc2)n1. The Morgan fingerprint density at radius 3 is 2.44 bits per heavy atom. The van der Waals surface area contributed by atoms with Crippen molar-refractivity contribution < 1.29 is 14.3 Å². The summed E-state index contributed by atoms with van der Waals surface area (Å²) in [6.07, 6.45) is 1.50. The van der Waals surface area contributed by atoms with Gasteiger partial charge in [0.1, 0.15) is 11.4 Å². The molecular weight excluding hydrogens is 344 g/mol. The summed E-state index contributed by atoms with van der Waals surface area (Å²) in [6.45, 7) is 1.49. The van der Waals surface area contributed by atoms with E-state index in [-0.39, 0.29) is 23.3 Å². The Bertz CT molecular complexity index is 971. The first kappa shape index (κ1) is 18.1. The number of benzene rings is 2. The molecule has 0 unspecified atom stereocenters. The fourth-order valence-corrected chi connectivity index (χ4v) is 2.40. The molecule has 0 aliphatic carbocycles. The third-order valence-electron chi connectivity index (χ3n) is 3.79. The Labute approximate surface area is 156 Å². The predicted octanol–water partition coefficient (Wildman–Crippen LogP) is 3.68. The van der Waals surface area contributed by atoms with Crippen molar-refractivity contribution in [2.24, 2.45) is 0 Å². The van der Waals surface area contributed by atoms with Crippen LogP contribution in [0.15, 0.2) is 60.8 Å². The van der Waals surface area contributed by atoms with E-state index >= 15 is 0 Å². The molecule has 27 heavy (non-hydrogen) atoms. The number of hydrogen-bond donors (Lipinski definition) is 2. The van der Waals surface area contributed by atoms with Crippen LogP contribution < -0.4 is 15.4 Å². The lowest BCUT2D eigenvalue weighted by molar-refractivity contribution is 0.101. The summed E-state index contributed by atoms with van der Waals surface area (Å²) < 4.78 is 5.28. The van der Waals surface area contributed by atoms with Crippen molar-refractivity contribution in [1.82, 2.24) is 9.97 Å². The van der Waals surface area contributed by atoms with E-state index in [9.17, 15) is 9.59 Å². The molecule has 2 N–H and O–H groups in total. The Kier molecular flexibility index (Phi) is 5.41. The van der Waals surface area contributed by atoms with Crippen molar-refractivity contribution in [2.75, 3.05) is 17.7 Å². The molecule has 1 aromatic heterocycles. The summed E-state index contributed by atoms with van der Waals surface area (Å²) in [7, 11) is 1.57. The van der Waals surface area contributed by atoms with E-state index in [2.05, 4.69) is 20.6 Å². The number of para-hydroxylation sites is 2. The smallest absolute Gasteiger partial charge is 0.274 e. The molecule has 136 valence electrons. The van der Waals surface area contributed by atoms with Gasteiger partial charge < -0.3 is 15.4 Å². The molecule has 0 aliphatic heterocycles. The summed E-state index contributed by atoms with van der Waals surface area (Å²) in [5, 5.41) is 5.78. The van der Waals surface area contributed by atoms with Gasteiger partial charge >= 0.3 is 0 Å². The number of nitrogens with one attached hydrogen (secondary N) is 2. The number of nitrogens with zero attached hydrogens (tertiary/aromatic N) is 2. The first-order valence-corrected chi connectivity index (χ1v) is 8.22. The number of anilines is 3. The highest BCUT2D eigenvalue weighted by Crippen LogP contribution is 2.25. The van der Waals surface area contributed by atoms with Crippen LogP contribution in [0, 0.1) is 0 Å². The second-order valence-electron chi connectivity index (χ2n) is 5.68. The van der Waals surface area contributed by atoms with Crippen LogP contribution in [0.2, 0.25) is 0 Å². The Balaban J connectivity index is 1.74. The number of ether oxygens (including phenoxy) is 1. The first-order valence-electron chi connectivity index (χ1n) is 8.22. The van der Waals surface area contributed by atoms with Crippen molar-refractivity contribution in [3.05, 3.63) is 72.1 Å². The maximum atomic E-state index is 12.4. The molecule has 0 saturated heterocycles. The van der Waals surface area contributed by atoms with E-state index in [0.29, 0.717) is 22.7 Å². The second kappa shape index (κ2) is 8.09. The van der Waals surface area contributed by atoms with Gasteiger partial charge in [-0.3, -0.25) is 9.59 Å². The van der Waals surface area contributed by atoms with Crippen LogP contribution in [-0.2, 0) is 0 Å². The average Bonchev–Trinajstić information content (AvgIpc) is 2.69. The highest BCUT2D eigenvalue weighted by atomic mass is 16.5. The van der Waals surface area contributed by atoms with Gasteiger partial charge in [0.2, 0.25) is 5.95 Å². The minimum absolute atomic E-state index is 0.0317. The number of carbonyl (C=O) groups excluding carboxylic acids is 2. The maximum Gasteiger partial charge on any atom is 0.274 e. The number of aromatic nitrogens is 2. The molecule has 7 heteroatoms. The molecule has 1 heterocycles. The fourth-order valence-electron chi connectivity index (χ4n) is 2.40. The fraction of sp³-hybridized carbons (Fsp3) is 0.100. The van der Waals surface area contributed by atoms with Gasteiger partial charge in [-0.05, 0) is 49.4 Å². The van der Waals surface area contributed by atoms with E-state index in [1.807, 2.05) is 24.3 Å². The van der Waals surface area contributed by atoms with Gasteiger partial charge in [0.05, 0.1) is 12.8 Å². The van der Waals surface area contributed by atoms with Crippen molar-refractivity contribution in [1.29, 1.82) is 0 Å².